The number of rotatable bonds is 7. The van der Waals surface area contributed by atoms with Gasteiger partial charge in [0.25, 0.3) is 0 Å². The summed E-state index contributed by atoms with van der Waals surface area (Å²) in [5.41, 5.74) is 5.41. The van der Waals surface area contributed by atoms with Crippen molar-refractivity contribution in [3.8, 4) is 17.3 Å². The van der Waals surface area contributed by atoms with Crippen LogP contribution in [0.15, 0.2) is 30.7 Å². The standard InChI is InChI=1S/C27H30F4N8/c28-22-6-5-18(13-21(22)27(29,30)31)23-15-39(12-9-34-19-3-1-2-4-19)25(37-23)17-7-10-38(11-8-17)26-20(14-32)24(33)35-16-36-26/h5-6,13,15-17,19,34H,1-4,7-12H2,(H2,33,35,36). The molecule has 12 heteroatoms. The summed E-state index contributed by atoms with van der Waals surface area (Å²) >= 11 is 0. The molecular weight excluding hydrogens is 512 g/mol. The number of hydrogen-bond donors (Lipinski definition) is 2. The summed E-state index contributed by atoms with van der Waals surface area (Å²) in [5, 5.41) is 13.1. The molecule has 39 heavy (non-hydrogen) atoms. The number of piperidine rings is 1. The molecule has 1 aliphatic heterocycles. The Morgan fingerprint density at radius 2 is 1.85 bits per heavy atom. The number of nitrogens with zero attached hydrogens (tertiary/aromatic N) is 6. The molecule has 0 atom stereocenters. The fourth-order valence-corrected chi connectivity index (χ4v) is 5.58. The van der Waals surface area contributed by atoms with E-state index in [2.05, 4.69) is 21.4 Å². The van der Waals surface area contributed by atoms with Crippen LogP contribution >= 0.6 is 0 Å². The summed E-state index contributed by atoms with van der Waals surface area (Å²) in [6.45, 7) is 2.54. The van der Waals surface area contributed by atoms with E-state index in [0.29, 0.717) is 50.0 Å². The Balaban J connectivity index is 1.39. The molecule has 1 aromatic carbocycles. The quantitative estimate of drug-likeness (QED) is 0.410. The maximum Gasteiger partial charge on any atom is 0.419 e. The van der Waals surface area contributed by atoms with Crippen molar-refractivity contribution in [3.05, 3.63) is 53.5 Å². The van der Waals surface area contributed by atoms with Crippen molar-refractivity contribution < 1.29 is 17.6 Å². The Hall–Kier alpha value is -3.72. The molecular formula is C27H30F4N8. The molecule has 2 aromatic heterocycles. The van der Waals surface area contributed by atoms with Crippen LogP contribution in [0.3, 0.4) is 0 Å². The Morgan fingerprint density at radius 3 is 2.54 bits per heavy atom. The third kappa shape index (κ3) is 5.83. The van der Waals surface area contributed by atoms with Crippen molar-refractivity contribution in [1.29, 1.82) is 5.26 Å². The van der Waals surface area contributed by atoms with Gasteiger partial charge in [-0.2, -0.15) is 18.4 Å². The third-order valence-corrected chi connectivity index (χ3v) is 7.64. The molecule has 3 N–H and O–H groups in total. The summed E-state index contributed by atoms with van der Waals surface area (Å²) < 4.78 is 56.1. The average molecular weight is 543 g/mol. The number of nitrogen functional groups attached to an aromatic ring is 1. The number of nitrogens with two attached hydrogens (primary N) is 1. The van der Waals surface area contributed by atoms with Crippen LogP contribution in [0.2, 0.25) is 0 Å². The zero-order valence-corrected chi connectivity index (χ0v) is 21.4. The fraction of sp³-hybridized carbons (Fsp3) is 0.481. The summed E-state index contributed by atoms with van der Waals surface area (Å²) in [5.74, 6) is 0.171. The van der Waals surface area contributed by atoms with Crippen LogP contribution in [-0.4, -0.2) is 45.2 Å². The third-order valence-electron chi connectivity index (χ3n) is 7.64. The van der Waals surface area contributed by atoms with Crippen molar-refractivity contribution >= 4 is 11.6 Å². The van der Waals surface area contributed by atoms with Crippen molar-refractivity contribution in [1.82, 2.24) is 24.8 Å². The summed E-state index contributed by atoms with van der Waals surface area (Å²) in [6, 6.07) is 5.57. The van der Waals surface area contributed by atoms with Gasteiger partial charge in [-0.3, -0.25) is 0 Å². The molecule has 8 nitrogen and oxygen atoms in total. The second kappa shape index (κ2) is 11.2. The van der Waals surface area contributed by atoms with E-state index in [1.165, 1.54) is 25.2 Å². The minimum atomic E-state index is -4.80. The smallest absolute Gasteiger partial charge is 0.382 e. The number of hydrogen-bond acceptors (Lipinski definition) is 7. The zero-order chi connectivity index (χ0) is 27.6. The summed E-state index contributed by atoms with van der Waals surface area (Å²) in [6.07, 6.45) is 4.45. The van der Waals surface area contributed by atoms with Crippen LogP contribution in [-0.2, 0) is 12.7 Å². The molecule has 206 valence electrons. The van der Waals surface area contributed by atoms with Crippen LogP contribution in [0.5, 0.6) is 0 Å². The van der Waals surface area contributed by atoms with Crippen LogP contribution in [0.1, 0.15) is 61.4 Å². The first-order chi connectivity index (χ1) is 18.7. The lowest BCUT2D eigenvalue weighted by molar-refractivity contribution is -0.139. The van der Waals surface area contributed by atoms with Gasteiger partial charge < -0.3 is 20.5 Å². The monoisotopic (exact) mass is 542 g/mol. The zero-order valence-electron chi connectivity index (χ0n) is 21.4. The van der Waals surface area contributed by atoms with E-state index in [1.54, 1.807) is 6.20 Å². The van der Waals surface area contributed by atoms with E-state index >= 15 is 0 Å². The highest BCUT2D eigenvalue weighted by atomic mass is 19.4. The van der Waals surface area contributed by atoms with Crippen LogP contribution in [0.4, 0.5) is 29.2 Å². The maximum absolute atomic E-state index is 13.9. The second-order valence-electron chi connectivity index (χ2n) is 10.1. The Bertz CT molecular complexity index is 1350. The number of alkyl halides is 3. The minimum absolute atomic E-state index is 0.0498. The van der Waals surface area contributed by atoms with Gasteiger partial charge in [0.1, 0.15) is 35.4 Å². The first-order valence-corrected chi connectivity index (χ1v) is 13.2. The van der Waals surface area contributed by atoms with Crippen molar-refractivity contribution in [2.75, 3.05) is 30.3 Å². The van der Waals surface area contributed by atoms with Gasteiger partial charge in [-0.1, -0.05) is 12.8 Å². The maximum atomic E-state index is 13.9. The van der Waals surface area contributed by atoms with Gasteiger partial charge in [0, 0.05) is 49.9 Å². The number of anilines is 2. The predicted octanol–water partition coefficient (Wildman–Crippen LogP) is 4.87. The van der Waals surface area contributed by atoms with Gasteiger partial charge in [-0.15, -0.1) is 0 Å². The number of aromatic nitrogens is 4. The topological polar surface area (TPSA) is 109 Å². The lowest BCUT2D eigenvalue weighted by Gasteiger charge is -2.33. The van der Waals surface area contributed by atoms with Crippen molar-refractivity contribution in [3.63, 3.8) is 0 Å². The predicted molar refractivity (Wildman–Crippen MR) is 138 cm³/mol. The normalized spacial score (nSPS) is 17.1. The van der Waals surface area contributed by atoms with Gasteiger partial charge >= 0.3 is 6.18 Å². The number of benzene rings is 1. The second-order valence-corrected chi connectivity index (χ2v) is 10.1. The molecule has 0 unspecified atom stereocenters. The van der Waals surface area contributed by atoms with Crippen LogP contribution < -0.4 is 16.0 Å². The van der Waals surface area contributed by atoms with Crippen molar-refractivity contribution in [2.24, 2.45) is 0 Å². The van der Waals surface area contributed by atoms with Crippen molar-refractivity contribution in [2.45, 2.75) is 63.2 Å². The largest absolute Gasteiger partial charge is 0.419 e. The first kappa shape index (κ1) is 26.9. The molecule has 2 aliphatic rings. The van der Waals surface area contributed by atoms with E-state index in [4.69, 9.17) is 10.7 Å². The summed E-state index contributed by atoms with van der Waals surface area (Å²) in [4.78, 5) is 14.9. The fourth-order valence-electron chi connectivity index (χ4n) is 5.58. The van der Waals surface area contributed by atoms with Gasteiger partial charge in [-0.05, 0) is 43.9 Å². The highest BCUT2D eigenvalue weighted by Crippen LogP contribution is 2.36. The number of imidazole rings is 1. The molecule has 0 spiro atoms. The van der Waals surface area contributed by atoms with E-state index in [1.807, 2.05) is 9.47 Å². The molecule has 1 aliphatic carbocycles. The van der Waals surface area contributed by atoms with Gasteiger partial charge in [0.15, 0.2) is 5.82 Å². The van der Waals surface area contributed by atoms with Gasteiger partial charge in [0.2, 0.25) is 0 Å². The number of halogens is 4. The van der Waals surface area contributed by atoms with Crippen LogP contribution in [0, 0.1) is 17.1 Å². The Kier molecular flexibility index (Phi) is 7.70. The number of nitriles is 1. The van der Waals surface area contributed by atoms with Crippen LogP contribution in [0.25, 0.3) is 11.3 Å². The highest BCUT2D eigenvalue weighted by molar-refractivity contribution is 5.63. The highest BCUT2D eigenvalue weighted by Gasteiger charge is 2.35. The van der Waals surface area contributed by atoms with E-state index in [0.717, 1.165) is 37.3 Å². The molecule has 2 fully saturated rings. The van der Waals surface area contributed by atoms with Gasteiger partial charge in [0.05, 0.1) is 11.3 Å². The molecule has 1 saturated carbocycles. The average Bonchev–Trinajstić information content (AvgIpc) is 3.59. The Labute approximate surface area is 223 Å². The lowest BCUT2D eigenvalue weighted by Crippen LogP contribution is -2.35. The Morgan fingerprint density at radius 1 is 1.10 bits per heavy atom. The molecule has 0 bridgehead atoms. The lowest BCUT2D eigenvalue weighted by atomic mass is 9.95. The number of nitrogens with one attached hydrogen (secondary N) is 1. The first-order valence-electron chi connectivity index (χ1n) is 13.2. The van der Waals surface area contributed by atoms with E-state index in [9.17, 15) is 22.8 Å². The van der Waals surface area contributed by atoms with E-state index < -0.39 is 17.6 Å². The molecule has 3 aromatic rings. The SMILES string of the molecule is N#Cc1c(N)ncnc1N1CCC(c2nc(-c3ccc(F)c(C(F)(F)F)c3)cn2CCNC2CCCC2)CC1. The molecule has 5 rings (SSSR count). The molecule has 0 amide bonds. The minimum Gasteiger partial charge on any atom is -0.382 e. The van der Waals surface area contributed by atoms with E-state index in [-0.39, 0.29) is 22.9 Å². The molecule has 0 radical (unpaired) electrons. The molecule has 1 saturated heterocycles. The summed E-state index contributed by atoms with van der Waals surface area (Å²) in [7, 11) is 0. The van der Waals surface area contributed by atoms with Gasteiger partial charge in [-0.25, -0.2) is 19.3 Å². The molecule has 3 heterocycles.